The molecule has 0 aliphatic rings. The molecule has 18 heavy (non-hydrogen) atoms. The van der Waals surface area contributed by atoms with Crippen LogP contribution in [0.2, 0.25) is 0 Å². The Labute approximate surface area is 114 Å². The minimum absolute atomic E-state index is 0.316. The third-order valence-electron chi connectivity index (χ3n) is 3.27. The predicted molar refractivity (Wildman–Crippen MR) is 78.8 cm³/mol. The molecule has 0 radical (unpaired) electrons. The van der Waals surface area contributed by atoms with E-state index in [1.165, 1.54) is 32.1 Å². The summed E-state index contributed by atoms with van der Waals surface area (Å²) in [6.45, 7) is 4.23. The Kier molecular flexibility index (Phi) is 11.2. The monoisotopic (exact) mass is 256 g/mol. The standard InChI is InChI=1S/C15H32N2O/c1-5-6-7-8-9-12-15(18)17(4)14-11-10-13-16(2)3/h5-14H2,1-4H3. The summed E-state index contributed by atoms with van der Waals surface area (Å²) in [4.78, 5) is 15.9. The van der Waals surface area contributed by atoms with Crippen LogP contribution in [0.15, 0.2) is 0 Å². The second-order valence-electron chi connectivity index (χ2n) is 5.49. The number of rotatable bonds is 11. The summed E-state index contributed by atoms with van der Waals surface area (Å²) >= 11 is 0. The summed E-state index contributed by atoms with van der Waals surface area (Å²) in [6, 6.07) is 0. The lowest BCUT2D eigenvalue weighted by atomic mass is 10.1. The molecule has 0 aliphatic heterocycles. The van der Waals surface area contributed by atoms with Crippen LogP contribution < -0.4 is 0 Å². The zero-order chi connectivity index (χ0) is 13.8. The fourth-order valence-corrected chi connectivity index (χ4v) is 1.97. The maximum Gasteiger partial charge on any atom is 0.222 e. The van der Waals surface area contributed by atoms with Crippen molar-refractivity contribution in [1.29, 1.82) is 0 Å². The highest BCUT2D eigenvalue weighted by Crippen LogP contribution is 2.06. The molecule has 0 spiro atoms. The minimum Gasteiger partial charge on any atom is -0.346 e. The average molecular weight is 256 g/mol. The minimum atomic E-state index is 0.316. The first-order valence-corrected chi connectivity index (χ1v) is 7.46. The van der Waals surface area contributed by atoms with Gasteiger partial charge < -0.3 is 9.80 Å². The second-order valence-corrected chi connectivity index (χ2v) is 5.49. The van der Waals surface area contributed by atoms with Crippen LogP contribution in [0, 0.1) is 0 Å². The van der Waals surface area contributed by atoms with Crippen LogP contribution in [-0.4, -0.2) is 49.9 Å². The van der Waals surface area contributed by atoms with Crippen molar-refractivity contribution in [3.63, 3.8) is 0 Å². The van der Waals surface area contributed by atoms with E-state index in [9.17, 15) is 4.79 Å². The van der Waals surface area contributed by atoms with E-state index in [4.69, 9.17) is 0 Å². The molecule has 0 saturated carbocycles. The van der Waals surface area contributed by atoms with Gasteiger partial charge in [-0.15, -0.1) is 0 Å². The number of carbonyl (C=O) groups is 1. The summed E-state index contributed by atoms with van der Waals surface area (Å²) in [5, 5.41) is 0. The maximum absolute atomic E-state index is 11.8. The number of hydrogen-bond acceptors (Lipinski definition) is 2. The molecule has 0 saturated heterocycles. The molecular formula is C15H32N2O. The zero-order valence-electron chi connectivity index (χ0n) is 12.9. The molecule has 0 aromatic heterocycles. The normalized spacial score (nSPS) is 10.9. The van der Waals surface area contributed by atoms with Crippen LogP contribution >= 0.6 is 0 Å². The van der Waals surface area contributed by atoms with E-state index in [0.29, 0.717) is 5.91 Å². The second kappa shape index (κ2) is 11.5. The van der Waals surface area contributed by atoms with Gasteiger partial charge in [-0.3, -0.25) is 4.79 Å². The van der Waals surface area contributed by atoms with Crippen molar-refractivity contribution < 1.29 is 4.79 Å². The van der Waals surface area contributed by atoms with Gasteiger partial charge in [0.1, 0.15) is 0 Å². The number of unbranched alkanes of at least 4 members (excludes halogenated alkanes) is 5. The smallest absolute Gasteiger partial charge is 0.222 e. The van der Waals surface area contributed by atoms with Crippen LogP contribution in [0.25, 0.3) is 0 Å². The molecule has 0 unspecified atom stereocenters. The van der Waals surface area contributed by atoms with Crippen molar-refractivity contribution in [2.45, 2.75) is 58.3 Å². The molecule has 3 heteroatoms. The largest absolute Gasteiger partial charge is 0.346 e. The van der Waals surface area contributed by atoms with Gasteiger partial charge in [0.2, 0.25) is 5.91 Å². The predicted octanol–water partition coefficient (Wildman–Crippen LogP) is 3.15. The first kappa shape index (κ1) is 17.4. The molecule has 0 bridgehead atoms. The van der Waals surface area contributed by atoms with Gasteiger partial charge in [0.05, 0.1) is 0 Å². The molecular weight excluding hydrogens is 224 g/mol. The Balaban J connectivity index is 3.45. The van der Waals surface area contributed by atoms with Gasteiger partial charge in [0.25, 0.3) is 0 Å². The molecule has 1 amide bonds. The highest BCUT2D eigenvalue weighted by Gasteiger charge is 2.07. The molecule has 0 atom stereocenters. The van der Waals surface area contributed by atoms with Crippen molar-refractivity contribution in [1.82, 2.24) is 9.80 Å². The molecule has 108 valence electrons. The van der Waals surface area contributed by atoms with E-state index < -0.39 is 0 Å². The van der Waals surface area contributed by atoms with Crippen molar-refractivity contribution in [2.24, 2.45) is 0 Å². The molecule has 0 heterocycles. The number of hydrogen-bond donors (Lipinski definition) is 0. The molecule has 0 aromatic rings. The molecule has 0 fully saturated rings. The molecule has 0 aliphatic carbocycles. The van der Waals surface area contributed by atoms with Crippen molar-refractivity contribution >= 4 is 5.91 Å². The third kappa shape index (κ3) is 10.6. The van der Waals surface area contributed by atoms with Gasteiger partial charge in [-0.2, -0.15) is 0 Å². The van der Waals surface area contributed by atoms with Crippen LogP contribution in [-0.2, 0) is 4.79 Å². The van der Waals surface area contributed by atoms with Crippen molar-refractivity contribution in [3.05, 3.63) is 0 Å². The van der Waals surface area contributed by atoms with Gasteiger partial charge in [-0.1, -0.05) is 32.6 Å². The maximum atomic E-state index is 11.8. The van der Waals surface area contributed by atoms with Gasteiger partial charge in [0.15, 0.2) is 0 Å². The fourth-order valence-electron chi connectivity index (χ4n) is 1.97. The van der Waals surface area contributed by atoms with E-state index in [1.54, 1.807) is 0 Å². The highest BCUT2D eigenvalue weighted by atomic mass is 16.2. The molecule has 3 nitrogen and oxygen atoms in total. The number of amides is 1. The summed E-state index contributed by atoms with van der Waals surface area (Å²) in [5.74, 6) is 0.316. The molecule has 0 rings (SSSR count). The number of nitrogens with zero attached hydrogens (tertiary/aromatic N) is 2. The lowest BCUT2D eigenvalue weighted by Crippen LogP contribution is -2.28. The highest BCUT2D eigenvalue weighted by molar-refractivity contribution is 5.75. The first-order chi connectivity index (χ1) is 8.57. The van der Waals surface area contributed by atoms with E-state index in [-0.39, 0.29) is 0 Å². The Morgan fingerprint density at radius 2 is 1.44 bits per heavy atom. The van der Waals surface area contributed by atoms with E-state index in [1.807, 2.05) is 11.9 Å². The Hall–Kier alpha value is -0.570. The van der Waals surface area contributed by atoms with Gasteiger partial charge in [-0.25, -0.2) is 0 Å². The lowest BCUT2D eigenvalue weighted by Gasteiger charge is -2.17. The van der Waals surface area contributed by atoms with E-state index in [0.717, 1.165) is 32.4 Å². The van der Waals surface area contributed by atoms with Crippen molar-refractivity contribution in [3.8, 4) is 0 Å². The lowest BCUT2D eigenvalue weighted by molar-refractivity contribution is -0.130. The Morgan fingerprint density at radius 3 is 2.06 bits per heavy atom. The van der Waals surface area contributed by atoms with Crippen LogP contribution in [0.3, 0.4) is 0 Å². The topological polar surface area (TPSA) is 23.6 Å². The van der Waals surface area contributed by atoms with Crippen LogP contribution in [0.4, 0.5) is 0 Å². The van der Waals surface area contributed by atoms with E-state index >= 15 is 0 Å². The zero-order valence-corrected chi connectivity index (χ0v) is 12.9. The average Bonchev–Trinajstić information content (AvgIpc) is 2.33. The Morgan fingerprint density at radius 1 is 0.833 bits per heavy atom. The quantitative estimate of drug-likeness (QED) is 0.530. The summed E-state index contributed by atoms with van der Waals surface area (Å²) < 4.78 is 0. The number of carbonyl (C=O) groups excluding carboxylic acids is 1. The Bertz CT molecular complexity index is 205. The van der Waals surface area contributed by atoms with Crippen LogP contribution in [0.5, 0.6) is 0 Å². The SMILES string of the molecule is CCCCCCCC(=O)N(C)CCCCN(C)C. The van der Waals surface area contributed by atoms with Crippen LogP contribution in [0.1, 0.15) is 58.3 Å². The van der Waals surface area contributed by atoms with Gasteiger partial charge >= 0.3 is 0 Å². The van der Waals surface area contributed by atoms with E-state index in [2.05, 4.69) is 25.9 Å². The van der Waals surface area contributed by atoms with Crippen molar-refractivity contribution in [2.75, 3.05) is 34.2 Å². The molecule has 0 aromatic carbocycles. The molecule has 0 N–H and O–H groups in total. The van der Waals surface area contributed by atoms with Gasteiger partial charge in [0, 0.05) is 20.0 Å². The summed E-state index contributed by atoms with van der Waals surface area (Å²) in [5.41, 5.74) is 0. The third-order valence-corrected chi connectivity index (χ3v) is 3.27. The van der Waals surface area contributed by atoms with Gasteiger partial charge in [-0.05, 0) is 39.9 Å². The summed E-state index contributed by atoms with van der Waals surface area (Å²) in [6.07, 6.45) is 9.10. The first-order valence-electron chi connectivity index (χ1n) is 7.46. The summed E-state index contributed by atoms with van der Waals surface area (Å²) in [7, 11) is 6.11. The fraction of sp³-hybridized carbons (Fsp3) is 0.933.